The van der Waals surface area contributed by atoms with Crippen molar-refractivity contribution in [1.82, 2.24) is 9.55 Å². The first-order chi connectivity index (χ1) is 9.72. The van der Waals surface area contributed by atoms with Crippen LogP contribution in [0.4, 0.5) is 11.4 Å². The second-order valence-corrected chi connectivity index (χ2v) is 4.51. The molecular formula is C16H10N4. The second kappa shape index (κ2) is 4.53. The van der Waals surface area contributed by atoms with Crippen LogP contribution < -0.4 is 0 Å². The Morgan fingerprint density at radius 3 is 2.50 bits per heavy atom. The average molecular weight is 258 g/mol. The number of rotatable bonds is 1. The summed E-state index contributed by atoms with van der Waals surface area (Å²) in [5.74, 6) is 0. The highest BCUT2D eigenvalue weighted by Gasteiger charge is 2.10. The fourth-order valence-corrected chi connectivity index (χ4v) is 2.20. The molecule has 0 fully saturated rings. The van der Waals surface area contributed by atoms with Gasteiger partial charge in [0.2, 0.25) is 0 Å². The molecule has 0 saturated carbocycles. The van der Waals surface area contributed by atoms with E-state index in [9.17, 15) is 0 Å². The van der Waals surface area contributed by atoms with Crippen molar-refractivity contribution in [1.29, 1.82) is 0 Å². The highest BCUT2D eigenvalue weighted by molar-refractivity contribution is 5.89. The van der Waals surface area contributed by atoms with Crippen molar-refractivity contribution in [2.24, 2.45) is 0 Å². The molecule has 0 N–H and O–H groups in total. The summed E-state index contributed by atoms with van der Waals surface area (Å²) >= 11 is 0. The second-order valence-electron chi connectivity index (χ2n) is 4.51. The predicted molar refractivity (Wildman–Crippen MR) is 78.3 cm³/mol. The van der Waals surface area contributed by atoms with Crippen molar-refractivity contribution in [3.8, 4) is 5.69 Å². The van der Waals surface area contributed by atoms with Crippen LogP contribution in [0.3, 0.4) is 0 Å². The molecule has 1 heterocycles. The number of imidazole rings is 1. The van der Waals surface area contributed by atoms with Gasteiger partial charge in [-0.1, -0.05) is 12.1 Å². The Bertz CT molecular complexity index is 891. The Morgan fingerprint density at radius 2 is 1.80 bits per heavy atom. The fourth-order valence-electron chi connectivity index (χ4n) is 2.20. The van der Waals surface area contributed by atoms with Crippen LogP contribution in [0.5, 0.6) is 0 Å². The Labute approximate surface area is 116 Å². The van der Waals surface area contributed by atoms with Crippen molar-refractivity contribution < 1.29 is 0 Å². The first-order valence-electron chi connectivity index (χ1n) is 6.06. The van der Waals surface area contributed by atoms with Crippen LogP contribution in [0, 0.1) is 20.1 Å². The quantitative estimate of drug-likeness (QED) is 0.593. The lowest BCUT2D eigenvalue weighted by atomic mass is 10.2. The van der Waals surface area contributed by atoms with E-state index in [1.807, 2.05) is 29.7 Å². The lowest BCUT2D eigenvalue weighted by Crippen LogP contribution is -1.91. The summed E-state index contributed by atoms with van der Waals surface area (Å²) in [6.45, 7) is 16.3. The molecule has 0 bridgehead atoms. The number of fused-ring (bicyclic) bond motifs is 1. The SMILES string of the molecule is [C-]#[N+]c1cc2ncn(-c3cccc(C)c3)c2cc1[N+]#[C-]. The lowest BCUT2D eigenvalue weighted by molar-refractivity contribution is 1.09. The zero-order valence-corrected chi connectivity index (χ0v) is 10.8. The molecule has 0 aliphatic rings. The molecule has 4 nitrogen and oxygen atoms in total. The Balaban J connectivity index is 2.29. The molecule has 1 aromatic heterocycles. The van der Waals surface area contributed by atoms with Gasteiger partial charge in [0.1, 0.15) is 6.33 Å². The molecule has 0 atom stereocenters. The topological polar surface area (TPSA) is 26.5 Å². The van der Waals surface area contributed by atoms with Gasteiger partial charge in [-0.3, -0.25) is 9.69 Å². The molecule has 0 aliphatic heterocycles. The normalized spacial score (nSPS) is 10.2. The third-order valence-electron chi connectivity index (χ3n) is 3.16. The van der Waals surface area contributed by atoms with Crippen LogP contribution in [-0.2, 0) is 0 Å². The van der Waals surface area contributed by atoms with Gasteiger partial charge in [0.05, 0.1) is 24.2 Å². The Hall–Kier alpha value is -3.11. The van der Waals surface area contributed by atoms with Crippen LogP contribution in [0.15, 0.2) is 42.7 Å². The number of nitrogens with zero attached hydrogens (tertiary/aromatic N) is 4. The molecule has 0 unspecified atom stereocenters. The molecule has 4 heteroatoms. The van der Waals surface area contributed by atoms with Gasteiger partial charge >= 0.3 is 0 Å². The van der Waals surface area contributed by atoms with Crippen LogP contribution in [-0.4, -0.2) is 9.55 Å². The van der Waals surface area contributed by atoms with Gasteiger partial charge in [0.25, 0.3) is 0 Å². The van der Waals surface area contributed by atoms with Crippen LogP contribution in [0.25, 0.3) is 26.4 Å². The minimum Gasteiger partial charge on any atom is -0.300 e. The Morgan fingerprint density at radius 1 is 1.05 bits per heavy atom. The first-order valence-corrected chi connectivity index (χ1v) is 6.06. The van der Waals surface area contributed by atoms with Crippen LogP contribution in [0.1, 0.15) is 5.56 Å². The standard InChI is InChI=1S/C16H10N4/c1-11-5-4-6-12(7-11)20-10-19-15-8-13(17-2)14(18-3)9-16(15)20/h4-10H,1H3. The summed E-state index contributed by atoms with van der Waals surface area (Å²) in [4.78, 5) is 11.1. The maximum Gasteiger partial charge on any atom is 0.196 e. The fraction of sp³-hybridized carbons (Fsp3) is 0.0625. The minimum atomic E-state index is 0.349. The number of benzene rings is 2. The molecular weight excluding hydrogens is 248 g/mol. The van der Waals surface area contributed by atoms with E-state index in [0.29, 0.717) is 11.4 Å². The van der Waals surface area contributed by atoms with E-state index in [0.717, 1.165) is 22.3 Å². The summed E-state index contributed by atoms with van der Waals surface area (Å²) < 4.78 is 1.94. The number of aromatic nitrogens is 2. The number of aryl methyl sites for hydroxylation is 1. The van der Waals surface area contributed by atoms with Gasteiger partial charge in [-0.05, 0) is 36.8 Å². The monoisotopic (exact) mass is 258 g/mol. The lowest BCUT2D eigenvalue weighted by Gasteiger charge is -2.06. The van der Waals surface area contributed by atoms with Crippen LogP contribution in [0.2, 0.25) is 0 Å². The van der Waals surface area contributed by atoms with Gasteiger partial charge in [-0.2, -0.15) is 0 Å². The molecule has 20 heavy (non-hydrogen) atoms. The predicted octanol–water partition coefficient (Wildman–Crippen LogP) is 4.44. The third-order valence-corrected chi connectivity index (χ3v) is 3.16. The van der Waals surface area contributed by atoms with E-state index in [2.05, 4.69) is 20.7 Å². The molecule has 0 spiro atoms. The highest BCUT2D eigenvalue weighted by Crippen LogP contribution is 2.33. The minimum absolute atomic E-state index is 0.349. The van der Waals surface area contributed by atoms with E-state index in [4.69, 9.17) is 13.1 Å². The van der Waals surface area contributed by atoms with E-state index in [1.165, 1.54) is 0 Å². The van der Waals surface area contributed by atoms with Gasteiger partial charge in [-0.25, -0.2) is 4.98 Å². The first kappa shape index (κ1) is 12.0. The van der Waals surface area contributed by atoms with Crippen LogP contribution >= 0.6 is 0 Å². The number of hydrogen-bond acceptors (Lipinski definition) is 1. The van der Waals surface area contributed by atoms with E-state index >= 15 is 0 Å². The summed E-state index contributed by atoms with van der Waals surface area (Å²) in [5, 5.41) is 0. The maximum atomic E-state index is 7.18. The van der Waals surface area contributed by atoms with Crippen molar-refractivity contribution >= 4 is 22.4 Å². The highest BCUT2D eigenvalue weighted by atomic mass is 15.0. The molecule has 0 amide bonds. The number of hydrogen-bond donors (Lipinski definition) is 0. The van der Waals surface area contributed by atoms with E-state index in [1.54, 1.807) is 18.5 Å². The zero-order valence-electron chi connectivity index (χ0n) is 10.8. The maximum absolute atomic E-state index is 7.18. The molecule has 3 aromatic rings. The van der Waals surface area contributed by atoms with Crippen molar-refractivity contribution in [2.75, 3.05) is 0 Å². The van der Waals surface area contributed by atoms with Crippen molar-refractivity contribution in [2.45, 2.75) is 6.92 Å². The summed E-state index contributed by atoms with van der Waals surface area (Å²) in [6.07, 6.45) is 1.72. The summed E-state index contributed by atoms with van der Waals surface area (Å²) in [5.41, 5.74) is 4.44. The molecule has 0 saturated heterocycles. The molecule has 2 aromatic carbocycles. The molecule has 0 aliphatic carbocycles. The molecule has 94 valence electrons. The Kier molecular flexibility index (Phi) is 2.71. The largest absolute Gasteiger partial charge is 0.300 e. The van der Waals surface area contributed by atoms with Gasteiger partial charge < -0.3 is 4.57 Å². The third kappa shape index (κ3) is 1.81. The zero-order chi connectivity index (χ0) is 14.1. The summed E-state index contributed by atoms with van der Waals surface area (Å²) in [7, 11) is 0. The van der Waals surface area contributed by atoms with Crippen molar-refractivity contribution in [3.63, 3.8) is 0 Å². The average Bonchev–Trinajstić information content (AvgIpc) is 2.88. The van der Waals surface area contributed by atoms with Gasteiger partial charge in [0, 0.05) is 5.69 Å². The van der Waals surface area contributed by atoms with Gasteiger partial charge in [0.15, 0.2) is 11.4 Å². The molecule has 0 radical (unpaired) electrons. The van der Waals surface area contributed by atoms with E-state index < -0.39 is 0 Å². The van der Waals surface area contributed by atoms with E-state index in [-0.39, 0.29) is 0 Å². The van der Waals surface area contributed by atoms with Gasteiger partial charge in [-0.15, -0.1) is 0 Å². The smallest absolute Gasteiger partial charge is 0.196 e. The molecule has 3 rings (SSSR count). The van der Waals surface area contributed by atoms with Crippen molar-refractivity contribution in [3.05, 3.63) is 71.1 Å². The summed E-state index contributed by atoms with van der Waals surface area (Å²) in [6, 6.07) is 11.5.